The van der Waals surface area contributed by atoms with Crippen LogP contribution in [0.5, 0.6) is 0 Å². The van der Waals surface area contributed by atoms with Crippen molar-refractivity contribution in [2.75, 3.05) is 0 Å². The van der Waals surface area contributed by atoms with Crippen LogP contribution in [-0.4, -0.2) is 23.9 Å². The van der Waals surface area contributed by atoms with Gasteiger partial charge in [0, 0.05) is 43.6 Å². The molecule has 0 aliphatic heterocycles. The van der Waals surface area contributed by atoms with Gasteiger partial charge in [0.15, 0.2) is 11.6 Å². The van der Waals surface area contributed by atoms with Gasteiger partial charge in [-0.05, 0) is 47.3 Å². The summed E-state index contributed by atoms with van der Waals surface area (Å²) in [4.78, 5) is 15.7. The van der Waals surface area contributed by atoms with E-state index in [1.54, 1.807) is 0 Å². The van der Waals surface area contributed by atoms with Crippen LogP contribution in [0.2, 0.25) is 0 Å². The van der Waals surface area contributed by atoms with E-state index >= 15 is 0 Å². The Balaban J connectivity index is 1.23. The van der Waals surface area contributed by atoms with E-state index in [1.807, 2.05) is 54.6 Å². The van der Waals surface area contributed by atoms with Gasteiger partial charge in [-0.15, -0.1) is 0 Å². The highest BCUT2D eigenvalue weighted by Gasteiger charge is 2.22. The maximum Gasteiger partial charge on any atom is 0.238 e. The Morgan fingerprint density at radius 3 is 1.89 bits per heavy atom. The summed E-state index contributed by atoms with van der Waals surface area (Å²) in [5, 5.41) is 6.83. The quantitative estimate of drug-likeness (QED) is 0.183. The minimum Gasteiger partial charge on any atom is -0.456 e. The van der Waals surface area contributed by atoms with Crippen LogP contribution in [0.1, 0.15) is 0 Å². The number of nitrogens with zero attached hydrogens (tertiary/aromatic N) is 5. The van der Waals surface area contributed by atoms with Crippen molar-refractivity contribution in [2.24, 2.45) is 0 Å². The summed E-state index contributed by atoms with van der Waals surface area (Å²) in [6.07, 6.45) is 0. The lowest BCUT2D eigenvalue weighted by molar-refractivity contribution is 0.669. The molecule has 12 rings (SSSR count). The molecule has 0 N–H and O–H groups in total. The zero-order chi connectivity index (χ0) is 36.0. The predicted molar refractivity (Wildman–Crippen MR) is 224 cm³/mol. The first kappa shape index (κ1) is 29.9. The summed E-state index contributed by atoms with van der Waals surface area (Å²) in [5.41, 5.74) is 11.1. The Bertz CT molecular complexity index is 3490. The fourth-order valence-electron chi connectivity index (χ4n) is 8.54. The largest absolute Gasteiger partial charge is 0.456 e. The van der Waals surface area contributed by atoms with Crippen molar-refractivity contribution in [3.8, 4) is 39.9 Å². The molecule has 6 nitrogen and oxygen atoms in total. The molecule has 0 unspecified atom stereocenters. The van der Waals surface area contributed by atoms with Gasteiger partial charge in [-0.1, -0.05) is 140 Å². The Morgan fingerprint density at radius 1 is 0.400 bits per heavy atom. The van der Waals surface area contributed by atoms with Gasteiger partial charge in [-0.25, -0.2) is 4.98 Å². The van der Waals surface area contributed by atoms with E-state index in [0.717, 1.165) is 65.9 Å². The summed E-state index contributed by atoms with van der Waals surface area (Å²) in [6, 6.07) is 61.5. The molecule has 0 aliphatic carbocycles. The summed E-state index contributed by atoms with van der Waals surface area (Å²) in [6.45, 7) is 0. The van der Waals surface area contributed by atoms with Crippen LogP contribution >= 0.6 is 0 Å². The third kappa shape index (κ3) is 4.39. The van der Waals surface area contributed by atoms with Crippen molar-refractivity contribution >= 4 is 71.1 Å². The maximum absolute atomic E-state index is 6.33. The molecule has 4 heterocycles. The van der Waals surface area contributed by atoms with E-state index in [2.05, 4.69) is 130 Å². The summed E-state index contributed by atoms with van der Waals surface area (Å²) in [5.74, 6) is 1.69. The van der Waals surface area contributed by atoms with Gasteiger partial charge in [-0.2, -0.15) is 9.97 Å². The summed E-state index contributed by atoms with van der Waals surface area (Å²) < 4.78 is 11.0. The highest BCUT2D eigenvalue weighted by Crippen LogP contribution is 2.42. The molecule has 0 fully saturated rings. The molecule has 256 valence electrons. The number of aromatic nitrogens is 5. The zero-order valence-corrected chi connectivity index (χ0v) is 29.4. The van der Waals surface area contributed by atoms with Crippen LogP contribution in [0.3, 0.4) is 0 Å². The monoisotopic (exact) mass is 703 g/mol. The first-order valence-corrected chi connectivity index (χ1v) is 18.5. The van der Waals surface area contributed by atoms with Crippen LogP contribution in [0.25, 0.3) is 111 Å². The van der Waals surface area contributed by atoms with Gasteiger partial charge in [0.05, 0.1) is 27.6 Å². The van der Waals surface area contributed by atoms with Crippen molar-refractivity contribution in [1.82, 2.24) is 23.9 Å². The Hall–Kier alpha value is -7.57. The van der Waals surface area contributed by atoms with Crippen molar-refractivity contribution in [1.29, 1.82) is 0 Å². The average molecular weight is 704 g/mol. The lowest BCUT2D eigenvalue weighted by Gasteiger charge is -2.14. The van der Waals surface area contributed by atoms with E-state index in [-0.39, 0.29) is 0 Å². The number of rotatable bonds is 4. The molecule has 12 aromatic rings. The third-order valence-electron chi connectivity index (χ3n) is 11.0. The number of furan rings is 1. The Morgan fingerprint density at radius 2 is 1.04 bits per heavy atom. The molecule has 0 saturated carbocycles. The van der Waals surface area contributed by atoms with Crippen LogP contribution < -0.4 is 0 Å². The number of para-hydroxylation sites is 4. The minimum atomic E-state index is 0.531. The lowest BCUT2D eigenvalue weighted by Crippen LogP contribution is -2.07. The van der Waals surface area contributed by atoms with Gasteiger partial charge in [0.1, 0.15) is 11.2 Å². The predicted octanol–water partition coefficient (Wildman–Crippen LogP) is 12.4. The van der Waals surface area contributed by atoms with E-state index in [9.17, 15) is 0 Å². The van der Waals surface area contributed by atoms with Crippen molar-refractivity contribution < 1.29 is 4.42 Å². The number of benzene rings is 8. The average Bonchev–Trinajstić information content (AvgIpc) is 3.76. The Kier molecular flexibility index (Phi) is 6.24. The van der Waals surface area contributed by atoms with Crippen molar-refractivity contribution in [3.63, 3.8) is 0 Å². The Labute approximate surface area is 314 Å². The molecule has 0 atom stereocenters. The molecule has 8 aromatic carbocycles. The highest BCUT2D eigenvalue weighted by atomic mass is 16.3. The zero-order valence-electron chi connectivity index (χ0n) is 29.4. The fraction of sp³-hybridized carbons (Fsp3) is 0. The number of fused-ring (bicyclic) bond motifs is 8. The van der Waals surface area contributed by atoms with Gasteiger partial charge in [-0.3, -0.25) is 4.57 Å². The molecule has 55 heavy (non-hydrogen) atoms. The van der Waals surface area contributed by atoms with Crippen LogP contribution in [0.4, 0.5) is 0 Å². The molecule has 0 radical (unpaired) electrons. The van der Waals surface area contributed by atoms with Crippen LogP contribution in [-0.2, 0) is 0 Å². The SMILES string of the molecule is c1ccc(-c2nc(-c3ccc4c(c3)oc3ccccc34)nc(-n3c4cccc5ccc6c7cccc(-c8ccccc8)c7n(c7ccccc73)c6c54)n2)cc1. The second-order valence-corrected chi connectivity index (χ2v) is 14.0. The fourth-order valence-corrected chi connectivity index (χ4v) is 8.54. The van der Waals surface area contributed by atoms with E-state index < -0.39 is 0 Å². The first-order chi connectivity index (χ1) is 27.3. The van der Waals surface area contributed by atoms with Crippen molar-refractivity contribution in [3.05, 3.63) is 176 Å². The molecule has 0 spiro atoms. The normalized spacial score (nSPS) is 12.0. The van der Waals surface area contributed by atoms with Crippen molar-refractivity contribution in [2.45, 2.75) is 0 Å². The standard InChI is InChI=1S/C49H29N5O/c1-3-13-30(14-4-1)34-19-12-20-37-38-28-25-31-17-11-23-41-44(31)46(38)54(45(34)37)40-22-9-8-21-39(40)53(41)49-51-47(32-15-5-2-6-16-32)50-48(52-49)33-26-27-36-35-18-7-10-24-42(35)55-43(36)29-33/h1-29H. The molecule has 0 amide bonds. The van der Waals surface area contributed by atoms with Gasteiger partial charge in [0.2, 0.25) is 5.95 Å². The molecular weight excluding hydrogens is 675 g/mol. The molecule has 4 aromatic heterocycles. The lowest BCUT2D eigenvalue weighted by atomic mass is 10.0. The molecule has 6 heteroatoms. The summed E-state index contributed by atoms with van der Waals surface area (Å²) in [7, 11) is 0. The number of hydrogen-bond acceptors (Lipinski definition) is 4. The topological polar surface area (TPSA) is 61.2 Å². The molecule has 0 aliphatic rings. The molecule has 0 saturated heterocycles. The van der Waals surface area contributed by atoms with Crippen LogP contribution in [0, 0.1) is 0 Å². The van der Waals surface area contributed by atoms with Gasteiger partial charge >= 0.3 is 0 Å². The van der Waals surface area contributed by atoms with Crippen LogP contribution in [0.15, 0.2) is 180 Å². The van der Waals surface area contributed by atoms with Gasteiger partial charge in [0.25, 0.3) is 0 Å². The highest BCUT2D eigenvalue weighted by molar-refractivity contribution is 6.25. The number of hydrogen-bond donors (Lipinski definition) is 0. The molecule has 0 bridgehead atoms. The maximum atomic E-state index is 6.33. The first-order valence-electron chi connectivity index (χ1n) is 18.5. The van der Waals surface area contributed by atoms with E-state index in [0.29, 0.717) is 17.6 Å². The van der Waals surface area contributed by atoms with E-state index in [4.69, 9.17) is 19.4 Å². The summed E-state index contributed by atoms with van der Waals surface area (Å²) >= 11 is 0. The smallest absolute Gasteiger partial charge is 0.238 e. The van der Waals surface area contributed by atoms with Gasteiger partial charge < -0.3 is 8.82 Å². The van der Waals surface area contributed by atoms with E-state index in [1.165, 1.54) is 27.4 Å². The minimum absolute atomic E-state index is 0.531. The third-order valence-corrected chi connectivity index (χ3v) is 11.0. The second-order valence-electron chi connectivity index (χ2n) is 14.0. The second kappa shape index (κ2) is 11.5. The molecular formula is C49H29N5O.